The minimum Gasteiger partial charge on any atom is -0.451 e. The molecule has 1 amide bonds. The average Bonchev–Trinajstić information content (AvgIpc) is 3.30. The van der Waals surface area contributed by atoms with Crippen LogP contribution in [-0.2, 0) is 6.42 Å². The molecule has 5 heterocycles. The van der Waals surface area contributed by atoms with E-state index in [1.54, 1.807) is 0 Å². The van der Waals surface area contributed by atoms with Crippen molar-refractivity contribution in [2.75, 3.05) is 50.8 Å². The van der Waals surface area contributed by atoms with Crippen molar-refractivity contribution in [3.05, 3.63) is 65.4 Å². The Morgan fingerprint density at radius 3 is 2.45 bits per heavy atom. The molecular formula is C27H32N3O3+. The second kappa shape index (κ2) is 8.84. The van der Waals surface area contributed by atoms with E-state index >= 15 is 0 Å². The standard InChI is InChI=1S/C27H31N3O3/c31-27(28-24-18-29-9-7-21(24)8-10-29)26-17-22-16-20(3-6-25(22)33-26)15-19-1-4-23(5-2-19)30-11-13-32-14-12-30/h1-6,16-17,21,24H,7-15,18H2,(H,28,31)/p+1/t24-/m0/s1. The van der Waals surface area contributed by atoms with Crippen molar-refractivity contribution in [2.24, 2.45) is 5.92 Å². The number of hydrogen-bond donors (Lipinski definition) is 1. The highest BCUT2D eigenvalue weighted by Gasteiger charge is 2.35. The summed E-state index contributed by atoms with van der Waals surface area (Å²) in [6.07, 6.45) is 3.23. The van der Waals surface area contributed by atoms with Crippen molar-refractivity contribution in [3.63, 3.8) is 0 Å². The topological polar surface area (TPSA) is 61.5 Å². The van der Waals surface area contributed by atoms with Crippen LogP contribution in [0.15, 0.2) is 52.9 Å². The van der Waals surface area contributed by atoms with Crippen molar-refractivity contribution in [2.45, 2.75) is 25.3 Å². The van der Waals surface area contributed by atoms with Crippen molar-refractivity contribution in [3.8, 4) is 0 Å². The maximum Gasteiger partial charge on any atom is 0.287 e. The molecular weight excluding hydrogens is 414 g/mol. The van der Waals surface area contributed by atoms with E-state index in [2.05, 4.69) is 56.3 Å². The van der Waals surface area contributed by atoms with E-state index < -0.39 is 0 Å². The fourth-order valence-electron chi connectivity index (χ4n) is 5.61. The van der Waals surface area contributed by atoms with E-state index in [1.807, 2.05) is 12.1 Å². The molecule has 33 heavy (non-hydrogen) atoms. The number of amides is 1. The van der Waals surface area contributed by atoms with Crippen molar-refractivity contribution in [1.29, 1.82) is 0 Å². The highest BCUT2D eigenvalue weighted by atomic mass is 16.5. The summed E-state index contributed by atoms with van der Waals surface area (Å²) in [5.41, 5.74) is 4.54. The predicted molar refractivity (Wildman–Crippen MR) is 130 cm³/mol. The van der Waals surface area contributed by atoms with Gasteiger partial charge in [-0.25, -0.2) is 0 Å². The third-order valence-electron chi connectivity index (χ3n) is 7.54. The van der Waals surface area contributed by atoms with Gasteiger partial charge in [-0.15, -0.1) is 0 Å². The van der Waals surface area contributed by atoms with E-state index in [0.717, 1.165) is 50.2 Å². The number of rotatable bonds is 5. The van der Waals surface area contributed by atoms with Crippen LogP contribution in [0.2, 0.25) is 0 Å². The number of nitrogens with one attached hydrogen (secondary N) is 1. The largest absolute Gasteiger partial charge is 0.451 e. The molecule has 2 aromatic carbocycles. The summed E-state index contributed by atoms with van der Waals surface area (Å²) in [6.45, 7) is 7.16. The van der Waals surface area contributed by atoms with Crippen LogP contribution in [0.4, 0.5) is 5.69 Å². The van der Waals surface area contributed by atoms with Crippen LogP contribution in [0, 0.1) is 5.92 Å². The third-order valence-corrected chi connectivity index (χ3v) is 7.54. The zero-order chi connectivity index (χ0) is 22.2. The number of piperidine rings is 3. The van der Waals surface area contributed by atoms with Crippen LogP contribution in [0.3, 0.4) is 0 Å². The Morgan fingerprint density at radius 1 is 0.970 bits per heavy atom. The SMILES string of the molecule is O=C(N[C@H]1CN2CCC1CC2)c1cc2cc(Cc3ccc(N4CC[OH+]CC4)cc3)ccc2o1. The van der Waals surface area contributed by atoms with E-state index in [0.29, 0.717) is 11.7 Å². The summed E-state index contributed by atoms with van der Waals surface area (Å²) in [4.78, 5) is 17.7. The second-order valence-electron chi connectivity index (χ2n) is 9.70. The number of fused-ring (bicyclic) bond motifs is 4. The Bertz CT molecular complexity index is 1130. The molecule has 4 aliphatic heterocycles. The average molecular weight is 447 g/mol. The molecule has 6 nitrogen and oxygen atoms in total. The van der Waals surface area contributed by atoms with Gasteiger partial charge in [0.1, 0.15) is 5.58 Å². The number of hydrogen-bond acceptors (Lipinski definition) is 4. The monoisotopic (exact) mass is 446 g/mol. The lowest BCUT2D eigenvalue weighted by Crippen LogP contribution is -2.57. The first-order valence-corrected chi connectivity index (χ1v) is 12.2. The van der Waals surface area contributed by atoms with Gasteiger partial charge in [-0.3, -0.25) is 4.79 Å². The predicted octanol–water partition coefficient (Wildman–Crippen LogP) is 3.20. The van der Waals surface area contributed by atoms with E-state index in [-0.39, 0.29) is 11.9 Å². The highest BCUT2D eigenvalue weighted by molar-refractivity contribution is 5.96. The molecule has 0 aliphatic carbocycles. The van der Waals surface area contributed by atoms with Crippen LogP contribution in [0.25, 0.3) is 11.0 Å². The lowest BCUT2D eigenvalue weighted by molar-refractivity contribution is -0.0437. The number of anilines is 1. The molecule has 0 spiro atoms. The first-order chi connectivity index (χ1) is 16.2. The summed E-state index contributed by atoms with van der Waals surface area (Å²) in [5.74, 6) is 0.926. The van der Waals surface area contributed by atoms with Crippen LogP contribution in [0.5, 0.6) is 0 Å². The number of nitrogens with zero attached hydrogens (tertiary/aromatic N) is 2. The van der Waals surface area contributed by atoms with Gasteiger partial charge in [0.05, 0.1) is 13.1 Å². The fourth-order valence-corrected chi connectivity index (χ4v) is 5.61. The third kappa shape index (κ3) is 4.37. The number of carbonyl (C=O) groups excluding carboxylic acids is 1. The molecule has 2 N–H and O–H groups in total. The molecule has 1 atom stereocenters. The van der Waals surface area contributed by atoms with Crippen molar-refractivity contribution < 1.29 is 13.9 Å². The maximum absolute atomic E-state index is 12.9. The Kier molecular flexibility index (Phi) is 5.56. The zero-order valence-electron chi connectivity index (χ0n) is 19.0. The number of furan rings is 1. The van der Waals surface area contributed by atoms with Gasteiger partial charge in [-0.2, -0.15) is 0 Å². The molecule has 0 unspecified atom stereocenters. The van der Waals surface area contributed by atoms with Crippen LogP contribution in [-0.4, -0.2) is 67.5 Å². The molecule has 3 aromatic rings. The quantitative estimate of drug-likeness (QED) is 0.612. The number of morpholine rings is 1. The number of benzene rings is 2. The lowest BCUT2D eigenvalue weighted by Gasteiger charge is -2.44. The van der Waals surface area contributed by atoms with Crippen molar-refractivity contribution in [1.82, 2.24) is 10.2 Å². The minimum atomic E-state index is -0.0902. The Hall–Kier alpha value is -2.83. The first-order valence-electron chi connectivity index (χ1n) is 12.2. The van der Waals surface area contributed by atoms with Gasteiger partial charge in [-0.1, -0.05) is 18.2 Å². The summed E-state index contributed by atoms with van der Waals surface area (Å²) in [5, 5.41) is 4.22. The summed E-state index contributed by atoms with van der Waals surface area (Å²) < 4.78 is 10.3. The summed E-state index contributed by atoms with van der Waals surface area (Å²) in [6, 6.07) is 17.2. The highest BCUT2D eigenvalue weighted by Crippen LogP contribution is 2.28. The summed E-state index contributed by atoms with van der Waals surface area (Å²) in [7, 11) is 0. The van der Waals surface area contributed by atoms with Gasteiger partial charge < -0.3 is 24.3 Å². The molecule has 172 valence electrons. The summed E-state index contributed by atoms with van der Waals surface area (Å²) >= 11 is 0. The molecule has 4 fully saturated rings. The first kappa shape index (κ1) is 20.8. The number of carbonyl (C=O) groups is 1. The molecule has 1 aromatic heterocycles. The normalized spacial score (nSPS) is 24.8. The van der Waals surface area contributed by atoms with E-state index in [4.69, 9.17) is 4.42 Å². The van der Waals surface area contributed by atoms with E-state index in [9.17, 15) is 4.79 Å². The Labute approximate surface area is 194 Å². The van der Waals surface area contributed by atoms with Crippen LogP contribution >= 0.6 is 0 Å². The van der Waals surface area contributed by atoms with Gasteiger partial charge in [0.25, 0.3) is 5.91 Å². The Balaban J connectivity index is 1.13. The van der Waals surface area contributed by atoms with Gasteiger partial charge >= 0.3 is 0 Å². The molecule has 0 radical (unpaired) electrons. The van der Waals surface area contributed by atoms with Gasteiger partial charge in [-0.05, 0) is 79.7 Å². The molecule has 6 heteroatoms. The molecule has 4 saturated heterocycles. The van der Waals surface area contributed by atoms with Crippen LogP contribution in [0.1, 0.15) is 34.5 Å². The second-order valence-corrected chi connectivity index (χ2v) is 9.70. The molecule has 2 bridgehead atoms. The smallest absolute Gasteiger partial charge is 0.287 e. The molecule has 0 saturated carbocycles. The van der Waals surface area contributed by atoms with Gasteiger partial charge in [0.15, 0.2) is 19.0 Å². The minimum absolute atomic E-state index is 0.0902. The van der Waals surface area contributed by atoms with Crippen molar-refractivity contribution >= 4 is 22.6 Å². The number of aliphatic hydroxyl groups is 2. The Morgan fingerprint density at radius 2 is 1.73 bits per heavy atom. The van der Waals surface area contributed by atoms with Crippen LogP contribution < -0.4 is 10.2 Å². The molecule has 4 aliphatic rings. The zero-order valence-corrected chi connectivity index (χ0v) is 19.0. The maximum atomic E-state index is 12.9. The fraction of sp³-hybridized carbons (Fsp3) is 0.444. The lowest BCUT2D eigenvalue weighted by atomic mass is 9.84. The van der Waals surface area contributed by atoms with Gasteiger partial charge in [0.2, 0.25) is 0 Å². The molecule has 7 rings (SSSR count). The van der Waals surface area contributed by atoms with E-state index in [1.165, 1.54) is 42.7 Å². The number of ether oxygens (including phenoxy) is 1. The van der Waals surface area contributed by atoms with Gasteiger partial charge in [0, 0.05) is 23.7 Å².